The van der Waals surface area contributed by atoms with Crippen molar-refractivity contribution in [1.82, 2.24) is 10.2 Å². The molecule has 1 heterocycles. The van der Waals surface area contributed by atoms with Crippen LogP contribution in [0.1, 0.15) is 43.4 Å². The van der Waals surface area contributed by atoms with E-state index < -0.39 is 0 Å². The lowest BCUT2D eigenvalue weighted by molar-refractivity contribution is 0.160. The molecule has 5 heteroatoms. The Balaban J connectivity index is 0.00000200. The number of hydrogen-bond donors (Lipinski definition) is 1. The van der Waals surface area contributed by atoms with E-state index >= 15 is 0 Å². The number of rotatable bonds is 5. The van der Waals surface area contributed by atoms with Crippen molar-refractivity contribution in [3.05, 3.63) is 35.1 Å². The van der Waals surface area contributed by atoms with Crippen molar-refractivity contribution >= 4 is 24.8 Å². The molecule has 0 radical (unpaired) electrons. The molecule has 1 atom stereocenters. The maximum Gasteiger partial charge on any atom is 0.128 e. The van der Waals surface area contributed by atoms with Crippen LogP contribution in [0.15, 0.2) is 18.2 Å². The number of aryl methyl sites for hydroxylation is 1. The van der Waals surface area contributed by atoms with E-state index in [1.807, 2.05) is 19.1 Å². The highest BCUT2D eigenvalue weighted by atomic mass is 35.5. The van der Waals surface area contributed by atoms with Crippen LogP contribution < -0.4 is 5.32 Å². The van der Waals surface area contributed by atoms with Gasteiger partial charge in [0.05, 0.1) is 0 Å². The number of halogens is 3. The summed E-state index contributed by atoms with van der Waals surface area (Å²) in [5, 5.41) is 3.37. The number of hydrogen-bond acceptors (Lipinski definition) is 2. The van der Waals surface area contributed by atoms with Crippen molar-refractivity contribution in [3.8, 4) is 0 Å². The van der Waals surface area contributed by atoms with E-state index in [9.17, 15) is 4.39 Å². The second kappa shape index (κ2) is 10.4. The minimum atomic E-state index is -0.0420. The Morgan fingerprint density at radius 1 is 1.24 bits per heavy atom. The fourth-order valence-electron chi connectivity index (χ4n) is 2.83. The Hall–Kier alpha value is -0.350. The zero-order valence-corrected chi connectivity index (χ0v) is 14.5. The first-order valence-electron chi connectivity index (χ1n) is 7.43. The Labute approximate surface area is 140 Å². The highest BCUT2D eigenvalue weighted by molar-refractivity contribution is 5.85. The van der Waals surface area contributed by atoms with Gasteiger partial charge in [-0.1, -0.05) is 31.9 Å². The minimum Gasteiger partial charge on any atom is -0.314 e. The second-order valence-corrected chi connectivity index (χ2v) is 5.47. The maximum absolute atomic E-state index is 14.2. The summed E-state index contributed by atoms with van der Waals surface area (Å²) in [6, 6.07) is 5.91. The molecule has 1 aliphatic rings. The van der Waals surface area contributed by atoms with Crippen molar-refractivity contribution in [2.24, 2.45) is 0 Å². The van der Waals surface area contributed by atoms with Crippen LogP contribution in [0.25, 0.3) is 0 Å². The van der Waals surface area contributed by atoms with E-state index in [1.165, 1.54) is 0 Å². The predicted octanol–water partition coefficient (Wildman–Crippen LogP) is 4.11. The standard InChI is InChI=1S/C16H25FN2.2ClH/c1-3-4-5-16(19-10-8-18-9-11-19)14-7-6-13(2)12-15(14)17;;/h6-7,12,16,18H,3-5,8-11H2,1-2H3;2*1H/t16-;;/m0../s1. The van der Waals surface area contributed by atoms with Gasteiger partial charge in [0.15, 0.2) is 0 Å². The summed E-state index contributed by atoms with van der Waals surface area (Å²) in [6.07, 6.45) is 3.37. The van der Waals surface area contributed by atoms with Gasteiger partial charge >= 0.3 is 0 Å². The first kappa shape index (κ1) is 20.6. The molecular formula is C16H27Cl2FN2. The molecule has 21 heavy (non-hydrogen) atoms. The summed E-state index contributed by atoms with van der Waals surface area (Å²) in [7, 11) is 0. The van der Waals surface area contributed by atoms with Crippen LogP contribution >= 0.6 is 24.8 Å². The third-order valence-corrected chi connectivity index (χ3v) is 3.94. The van der Waals surface area contributed by atoms with Gasteiger partial charge < -0.3 is 5.32 Å². The molecule has 122 valence electrons. The van der Waals surface area contributed by atoms with E-state index in [-0.39, 0.29) is 36.7 Å². The van der Waals surface area contributed by atoms with Crippen LogP contribution in [0.2, 0.25) is 0 Å². The zero-order chi connectivity index (χ0) is 13.7. The number of nitrogens with zero attached hydrogens (tertiary/aromatic N) is 1. The quantitative estimate of drug-likeness (QED) is 0.870. The Bertz CT molecular complexity index is 409. The highest BCUT2D eigenvalue weighted by Gasteiger charge is 2.23. The summed E-state index contributed by atoms with van der Waals surface area (Å²) < 4.78 is 14.2. The van der Waals surface area contributed by atoms with Crippen molar-refractivity contribution < 1.29 is 4.39 Å². The number of benzene rings is 1. The van der Waals surface area contributed by atoms with Crippen LogP contribution in [-0.2, 0) is 0 Å². The minimum absolute atomic E-state index is 0. The highest BCUT2D eigenvalue weighted by Crippen LogP contribution is 2.29. The lowest BCUT2D eigenvalue weighted by atomic mass is 9.97. The molecule has 2 rings (SSSR count). The Morgan fingerprint density at radius 3 is 2.48 bits per heavy atom. The average Bonchev–Trinajstić information content (AvgIpc) is 2.42. The van der Waals surface area contributed by atoms with Crippen LogP contribution in [0.5, 0.6) is 0 Å². The molecule has 0 aliphatic carbocycles. The first-order chi connectivity index (χ1) is 9.22. The second-order valence-electron chi connectivity index (χ2n) is 5.47. The Kier molecular flexibility index (Phi) is 10.2. The van der Waals surface area contributed by atoms with Crippen molar-refractivity contribution in [3.63, 3.8) is 0 Å². The van der Waals surface area contributed by atoms with Crippen LogP contribution in [-0.4, -0.2) is 31.1 Å². The van der Waals surface area contributed by atoms with Gasteiger partial charge in [-0.3, -0.25) is 4.90 Å². The van der Waals surface area contributed by atoms with E-state index in [1.54, 1.807) is 6.07 Å². The third kappa shape index (κ3) is 5.74. The van der Waals surface area contributed by atoms with Gasteiger partial charge in [0.25, 0.3) is 0 Å². The fourth-order valence-corrected chi connectivity index (χ4v) is 2.83. The average molecular weight is 337 g/mol. The molecule has 0 unspecified atom stereocenters. The van der Waals surface area contributed by atoms with Crippen LogP contribution in [0, 0.1) is 12.7 Å². The fraction of sp³-hybridized carbons (Fsp3) is 0.625. The smallest absolute Gasteiger partial charge is 0.128 e. The van der Waals surface area contributed by atoms with Crippen molar-refractivity contribution in [2.45, 2.75) is 39.2 Å². The SMILES string of the molecule is CCCC[C@@H](c1ccc(C)cc1F)N1CCNCC1.Cl.Cl. The zero-order valence-electron chi connectivity index (χ0n) is 12.9. The molecule has 1 aliphatic heterocycles. The number of piperazine rings is 1. The molecule has 1 aromatic carbocycles. The van der Waals surface area contributed by atoms with E-state index in [0.29, 0.717) is 0 Å². The first-order valence-corrected chi connectivity index (χ1v) is 7.43. The number of unbranched alkanes of at least 4 members (excludes halogenated alkanes) is 1. The molecule has 0 spiro atoms. The molecule has 0 aromatic heterocycles. The lowest BCUT2D eigenvalue weighted by Crippen LogP contribution is -2.45. The number of nitrogens with one attached hydrogen (secondary N) is 1. The summed E-state index contributed by atoms with van der Waals surface area (Å²) >= 11 is 0. The molecule has 1 aromatic rings. The van der Waals surface area contributed by atoms with Crippen molar-refractivity contribution in [1.29, 1.82) is 0 Å². The topological polar surface area (TPSA) is 15.3 Å². The molecular weight excluding hydrogens is 310 g/mol. The Morgan fingerprint density at radius 2 is 1.90 bits per heavy atom. The molecule has 0 saturated carbocycles. The van der Waals surface area contributed by atoms with Gasteiger partial charge in [-0.25, -0.2) is 4.39 Å². The van der Waals surface area contributed by atoms with Crippen molar-refractivity contribution in [2.75, 3.05) is 26.2 Å². The summed E-state index contributed by atoms with van der Waals surface area (Å²) in [4.78, 5) is 2.43. The lowest BCUT2D eigenvalue weighted by Gasteiger charge is -2.35. The van der Waals surface area contributed by atoms with E-state index in [2.05, 4.69) is 17.1 Å². The molecule has 1 fully saturated rings. The van der Waals surface area contributed by atoms with Gasteiger partial charge in [-0.2, -0.15) is 0 Å². The monoisotopic (exact) mass is 336 g/mol. The van der Waals surface area contributed by atoms with E-state index in [4.69, 9.17) is 0 Å². The maximum atomic E-state index is 14.2. The van der Waals surface area contributed by atoms with Crippen LogP contribution in [0.4, 0.5) is 4.39 Å². The summed E-state index contributed by atoms with van der Waals surface area (Å²) in [5.74, 6) is -0.0420. The summed E-state index contributed by atoms with van der Waals surface area (Å²) in [5.41, 5.74) is 1.87. The van der Waals surface area contributed by atoms with Gasteiger partial charge in [-0.05, 0) is 25.0 Å². The summed E-state index contributed by atoms with van der Waals surface area (Å²) in [6.45, 7) is 8.19. The molecule has 0 amide bonds. The van der Waals surface area contributed by atoms with Gasteiger partial charge in [0.2, 0.25) is 0 Å². The van der Waals surface area contributed by atoms with E-state index in [0.717, 1.165) is 56.6 Å². The van der Waals surface area contributed by atoms with Crippen LogP contribution in [0.3, 0.4) is 0 Å². The normalized spacial score (nSPS) is 16.7. The third-order valence-electron chi connectivity index (χ3n) is 3.94. The predicted molar refractivity (Wildman–Crippen MR) is 92.3 cm³/mol. The van der Waals surface area contributed by atoms with Gasteiger partial charge in [-0.15, -0.1) is 24.8 Å². The van der Waals surface area contributed by atoms with Gasteiger partial charge in [0, 0.05) is 37.8 Å². The molecule has 1 saturated heterocycles. The molecule has 1 N–H and O–H groups in total. The van der Waals surface area contributed by atoms with Gasteiger partial charge in [0.1, 0.15) is 5.82 Å². The molecule has 2 nitrogen and oxygen atoms in total. The largest absolute Gasteiger partial charge is 0.314 e. The molecule has 0 bridgehead atoms.